The summed E-state index contributed by atoms with van der Waals surface area (Å²) in [5, 5.41) is 3.54. The van der Waals surface area contributed by atoms with Crippen LogP contribution < -0.4 is 14.8 Å². The second-order valence-corrected chi connectivity index (χ2v) is 7.98. The minimum absolute atomic E-state index is 0.204. The van der Waals surface area contributed by atoms with Crippen molar-refractivity contribution in [1.82, 2.24) is 14.5 Å². The zero-order valence-electron chi connectivity index (χ0n) is 16.8. The predicted molar refractivity (Wildman–Crippen MR) is 118 cm³/mol. The molecule has 0 aliphatic carbocycles. The van der Waals surface area contributed by atoms with E-state index in [9.17, 15) is 4.79 Å². The predicted octanol–water partition coefficient (Wildman–Crippen LogP) is 3.83. The molecule has 1 N–H and O–H groups in total. The maximum Gasteiger partial charge on any atom is 0.274 e. The van der Waals surface area contributed by atoms with Gasteiger partial charge in [0, 0.05) is 23.9 Å². The van der Waals surface area contributed by atoms with Crippen molar-refractivity contribution in [1.29, 1.82) is 0 Å². The summed E-state index contributed by atoms with van der Waals surface area (Å²) in [5.41, 5.74) is 3.78. The molecule has 1 aliphatic rings. The molecule has 2 aromatic heterocycles. The van der Waals surface area contributed by atoms with Gasteiger partial charge in [-0.05, 0) is 36.4 Å². The van der Waals surface area contributed by atoms with Gasteiger partial charge >= 0.3 is 0 Å². The first-order chi connectivity index (χ1) is 15.2. The summed E-state index contributed by atoms with van der Waals surface area (Å²) >= 11 is 1.46. The third-order valence-corrected chi connectivity index (χ3v) is 5.91. The van der Waals surface area contributed by atoms with Crippen LogP contribution in [0.25, 0.3) is 21.5 Å². The molecule has 1 aliphatic heterocycles. The third-order valence-electron chi connectivity index (χ3n) is 4.96. The van der Waals surface area contributed by atoms with Crippen LogP contribution in [0.5, 0.6) is 10.9 Å². The van der Waals surface area contributed by atoms with E-state index in [1.807, 2.05) is 34.9 Å². The van der Waals surface area contributed by atoms with Gasteiger partial charge in [0.05, 0.1) is 41.6 Å². The molecule has 4 aromatic rings. The van der Waals surface area contributed by atoms with E-state index in [2.05, 4.69) is 15.3 Å². The first-order valence-electron chi connectivity index (χ1n) is 9.82. The number of carbonyl (C=O) groups excluding carboxylic acids is 1. The van der Waals surface area contributed by atoms with Crippen molar-refractivity contribution in [2.45, 2.75) is 6.54 Å². The second-order valence-electron chi connectivity index (χ2n) is 6.99. The SMILES string of the molecule is COCCOc1nc2cc(NC(=O)c3ccc4c(c3)-c3cncn3CCO4)ccc2s1. The molecule has 3 heterocycles. The summed E-state index contributed by atoms with van der Waals surface area (Å²) in [5.74, 6) is 0.546. The van der Waals surface area contributed by atoms with E-state index in [0.29, 0.717) is 36.3 Å². The monoisotopic (exact) mass is 436 g/mol. The van der Waals surface area contributed by atoms with Crippen LogP contribution in [-0.4, -0.2) is 47.4 Å². The lowest BCUT2D eigenvalue weighted by Gasteiger charge is -2.10. The number of nitrogens with zero attached hydrogens (tertiary/aromatic N) is 3. The molecule has 0 fully saturated rings. The number of fused-ring (bicyclic) bond motifs is 4. The fourth-order valence-corrected chi connectivity index (χ4v) is 4.26. The van der Waals surface area contributed by atoms with Crippen LogP contribution in [0.1, 0.15) is 10.4 Å². The molecule has 1 amide bonds. The number of rotatable bonds is 6. The topological polar surface area (TPSA) is 87.5 Å². The lowest BCUT2D eigenvalue weighted by atomic mass is 10.1. The lowest BCUT2D eigenvalue weighted by Crippen LogP contribution is -2.12. The number of methoxy groups -OCH3 is 1. The number of anilines is 1. The van der Waals surface area contributed by atoms with Crippen molar-refractivity contribution >= 4 is 33.1 Å². The average molecular weight is 436 g/mol. The quantitative estimate of drug-likeness (QED) is 0.462. The molecule has 0 unspecified atom stereocenters. The van der Waals surface area contributed by atoms with E-state index in [4.69, 9.17) is 14.2 Å². The van der Waals surface area contributed by atoms with Gasteiger partial charge in [-0.25, -0.2) is 9.97 Å². The zero-order valence-corrected chi connectivity index (χ0v) is 17.6. The Hall–Kier alpha value is -3.43. The second kappa shape index (κ2) is 8.37. The van der Waals surface area contributed by atoms with Crippen LogP contribution in [0.3, 0.4) is 0 Å². The maximum atomic E-state index is 12.9. The normalized spacial score (nSPS) is 12.5. The molecule has 31 heavy (non-hydrogen) atoms. The summed E-state index contributed by atoms with van der Waals surface area (Å²) in [6, 6.07) is 11.1. The Morgan fingerprint density at radius 3 is 3.10 bits per heavy atom. The summed E-state index contributed by atoms with van der Waals surface area (Å²) in [6.45, 7) is 2.23. The van der Waals surface area contributed by atoms with Gasteiger partial charge in [0.15, 0.2) is 0 Å². The zero-order chi connectivity index (χ0) is 21.2. The van der Waals surface area contributed by atoms with Gasteiger partial charge in [-0.2, -0.15) is 0 Å². The molecule has 0 bridgehead atoms. The Labute approximate surface area is 182 Å². The summed E-state index contributed by atoms with van der Waals surface area (Å²) < 4.78 is 19.4. The van der Waals surface area contributed by atoms with Gasteiger partial charge in [-0.3, -0.25) is 4.79 Å². The number of aromatic nitrogens is 3. The number of benzene rings is 2. The fourth-order valence-electron chi connectivity index (χ4n) is 3.44. The van der Waals surface area contributed by atoms with Gasteiger partial charge in [-0.15, -0.1) is 0 Å². The smallest absolute Gasteiger partial charge is 0.274 e. The van der Waals surface area contributed by atoms with Crippen molar-refractivity contribution in [3.63, 3.8) is 0 Å². The number of hydrogen-bond donors (Lipinski definition) is 1. The first kappa shape index (κ1) is 19.5. The first-order valence-corrected chi connectivity index (χ1v) is 10.6. The summed E-state index contributed by atoms with van der Waals surface area (Å²) in [7, 11) is 1.63. The Bertz CT molecular complexity index is 1250. The third kappa shape index (κ3) is 3.97. The van der Waals surface area contributed by atoms with Crippen molar-refractivity contribution in [3.05, 3.63) is 54.5 Å². The molecule has 0 saturated heterocycles. The Balaban J connectivity index is 1.36. The number of nitrogens with one attached hydrogen (secondary N) is 1. The lowest BCUT2D eigenvalue weighted by molar-refractivity contribution is 0.102. The molecule has 0 saturated carbocycles. The van der Waals surface area contributed by atoms with Crippen LogP contribution in [0, 0.1) is 0 Å². The maximum absolute atomic E-state index is 12.9. The number of imidazole rings is 1. The molecule has 0 radical (unpaired) electrons. The van der Waals surface area contributed by atoms with E-state index < -0.39 is 0 Å². The molecular formula is C22H20N4O4S. The van der Waals surface area contributed by atoms with Crippen LogP contribution in [0.15, 0.2) is 48.9 Å². The van der Waals surface area contributed by atoms with E-state index >= 15 is 0 Å². The largest absolute Gasteiger partial charge is 0.491 e. The van der Waals surface area contributed by atoms with E-state index in [-0.39, 0.29) is 5.91 Å². The molecule has 9 heteroatoms. The minimum atomic E-state index is -0.204. The average Bonchev–Trinajstić information content (AvgIpc) is 3.36. The molecule has 158 valence electrons. The molecule has 0 spiro atoms. The number of amides is 1. The van der Waals surface area contributed by atoms with Crippen molar-refractivity contribution in [2.24, 2.45) is 0 Å². The number of hydrogen-bond acceptors (Lipinski definition) is 7. The summed E-state index contributed by atoms with van der Waals surface area (Å²) in [4.78, 5) is 21.6. The Morgan fingerprint density at radius 1 is 1.26 bits per heavy atom. The highest BCUT2D eigenvalue weighted by Gasteiger charge is 2.18. The van der Waals surface area contributed by atoms with Gasteiger partial charge < -0.3 is 24.1 Å². The number of thiazole rings is 1. The fraction of sp³-hybridized carbons (Fsp3) is 0.227. The molecule has 8 nitrogen and oxygen atoms in total. The van der Waals surface area contributed by atoms with Crippen LogP contribution in [-0.2, 0) is 11.3 Å². The highest BCUT2D eigenvalue weighted by atomic mass is 32.1. The Morgan fingerprint density at radius 2 is 2.19 bits per heavy atom. The Kier molecular flexibility index (Phi) is 5.27. The van der Waals surface area contributed by atoms with E-state index in [1.54, 1.807) is 25.7 Å². The number of ether oxygens (including phenoxy) is 3. The van der Waals surface area contributed by atoms with Gasteiger partial charge in [0.2, 0.25) is 0 Å². The standard InChI is InChI=1S/C22H20N4O4S/c1-28-8-9-30-22-25-17-11-15(3-5-20(17)31-22)24-21(27)14-2-4-19-16(10-14)18-12-23-13-26(18)6-7-29-19/h2-5,10-13H,6-9H2,1H3,(H,24,27). The van der Waals surface area contributed by atoms with Gasteiger partial charge in [-0.1, -0.05) is 11.3 Å². The van der Waals surface area contributed by atoms with Crippen LogP contribution >= 0.6 is 11.3 Å². The van der Waals surface area contributed by atoms with Crippen molar-refractivity contribution in [3.8, 4) is 22.2 Å². The van der Waals surface area contributed by atoms with Crippen molar-refractivity contribution < 1.29 is 19.0 Å². The molecule has 2 aromatic carbocycles. The van der Waals surface area contributed by atoms with E-state index in [1.165, 1.54) is 11.3 Å². The minimum Gasteiger partial charge on any atom is -0.491 e. The number of carbonyl (C=O) groups is 1. The van der Waals surface area contributed by atoms with Crippen LogP contribution in [0.2, 0.25) is 0 Å². The van der Waals surface area contributed by atoms with E-state index in [0.717, 1.165) is 33.8 Å². The molecule has 5 rings (SSSR count). The highest BCUT2D eigenvalue weighted by Crippen LogP contribution is 2.34. The molecule has 0 atom stereocenters. The van der Waals surface area contributed by atoms with Crippen LogP contribution in [0.4, 0.5) is 5.69 Å². The highest BCUT2D eigenvalue weighted by molar-refractivity contribution is 7.20. The molecular weight excluding hydrogens is 416 g/mol. The van der Waals surface area contributed by atoms with Gasteiger partial charge in [0.1, 0.15) is 19.0 Å². The summed E-state index contributed by atoms with van der Waals surface area (Å²) in [6.07, 6.45) is 3.56. The van der Waals surface area contributed by atoms with Crippen molar-refractivity contribution in [2.75, 3.05) is 32.2 Å². The van der Waals surface area contributed by atoms with Gasteiger partial charge in [0.25, 0.3) is 11.1 Å².